The molecular formula is C21H30N4O3. The van der Waals surface area contributed by atoms with Crippen molar-refractivity contribution in [2.45, 2.75) is 45.6 Å². The number of hydrogen-bond acceptors (Lipinski definition) is 3. The number of rotatable bonds is 4. The minimum atomic E-state index is -0.179. The van der Waals surface area contributed by atoms with Crippen LogP contribution in [0.25, 0.3) is 0 Å². The summed E-state index contributed by atoms with van der Waals surface area (Å²) in [5, 5.41) is 5.83. The van der Waals surface area contributed by atoms with E-state index in [0.29, 0.717) is 12.2 Å². The second-order valence-corrected chi connectivity index (χ2v) is 7.80. The van der Waals surface area contributed by atoms with Crippen LogP contribution in [0.5, 0.6) is 0 Å². The molecule has 4 amide bonds. The summed E-state index contributed by atoms with van der Waals surface area (Å²) in [6.07, 6.45) is 3.79. The lowest BCUT2D eigenvalue weighted by Gasteiger charge is -2.35. The Morgan fingerprint density at radius 1 is 1.07 bits per heavy atom. The molecule has 0 unspecified atom stereocenters. The lowest BCUT2D eigenvalue weighted by atomic mass is 9.96. The molecule has 2 N–H and O–H groups in total. The van der Waals surface area contributed by atoms with Crippen LogP contribution in [0.1, 0.15) is 51.1 Å². The number of nitrogens with zero attached hydrogens (tertiary/aromatic N) is 2. The van der Waals surface area contributed by atoms with Gasteiger partial charge in [0.1, 0.15) is 0 Å². The van der Waals surface area contributed by atoms with Crippen LogP contribution in [0.4, 0.5) is 10.5 Å². The number of anilines is 1. The topological polar surface area (TPSA) is 81.8 Å². The molecule has 0 saturated carbocycles. The maximum atomic E-state index is 12.8. The predicted molar refractivity (Wildman–Crippen MR) is 108 cm³/mol. The van der Waals surface area contributed by atoms with E-state index in [1.54, 1.807) is 0 Å². The van der Waals surface area contributed by atoms with Crippen LogP contribution in [0.15, 0.2) is 24.3 Å². The summed E-state index contributed by atoms with van der Waals surface area (Å²) in [6, 6.07) is 7.39. The monoisotopic (exact) mass is 386 g/mol. The first kappa shape index (κ1) is 20.2. The lowest BCUT2D eigenvalue weighted by molar-refractivity contribution is -0.127. The Hall–Kier alpha value is -2.57. The molecule has 3 rings (SSSR count). The van der Waals surface area contributed by atoms with Gasteiger partial charge in [0.15, 0.2) is 0 Å². The fourth-order valence-electron chi connectivity index (χ4n) is 3.98. The molecule has 2 aliphatic heterocycles. The van der Waals surface area contributed by atoms with Crippen LogP contribution >= 0.6 is 0 Å². The van der Waals surface area contributed by atoms with Gasteiger partial charge in [0, 0.05) is 38.8 Å². The van der Waals surface area contributed by atoms with E-state index < -0.39 is 0 Å². The zero-order chi connectivity index (χ0) is 20.1. The fourth-order valence-corrected chi connectivity index (χ4v) is 3.98. The molecular weight excluding hydrogens is 356 g/mol. The van der Waals surface area contributed by atoms with Gasteiger partial charge in [-0.25, -0.2) is 4.79 Å². The van der Waals surface area contributed by atoms with Gasteiger partial charge in [-0.05, 0) is 50.3 Å². The number of likely N-dealkylation sites (tertiary alicyclic amines) is 2. The molecule has 0 radical (unpaired) electrons. The van der Waals surface area contributed by atoms with Gasteiger partial charge in [0.05, 0.1) is 12.0 Å². The Bertz CT molecular complexity index is 730. The number of carbonyl (C=O) groups is 3. The Kier molecular flexibility index (Phi) is 6.54. The van der Waals surface area contributed by atoms with Gasteiger partial charge in [0.25, 0.3) is 0 Å². The van der Waals surface area contributed by atoms with Crippen molar-refractivity contribution >= 4 is 23.5 Å². The number of nitrogens with one attached hydrogen (secondary N) is 2. The Labute approximate surface area is 166 Å². The van der Waals surface area contributed by atoms with Crippen LogP contribution in [-0.4, -0.2) is 53.8 Å². The van der Waals surface area contributed by atoms with E-state index in [2.05, 4.69) is 10.6 Å². The highest BCUT2D eigenvalue weighted by molar-refractivity contribution is 5.88. The van der Waals surface area contributed by atoms with Crippen molar-refractivity contribution in [1.29, 1.82) is 0 Å². The van der Waals surface area contributed by atoms with E-state index in [1.807, 2.05) is 41.0 Å². The van der Waals surface area contributed by atoms with E-state index >= 15 is 0 Å². The van der Waals surface area contributed by atoms with Gasteiger partial charge in [0.2, 0.25) is 11.8 Å². The lowest BCUT2D eigenvalue weighted by Crippen LogP contribution is -2.49. The molecule has 2 fully saturated rings. The van der Waals surface area contributed by atoms with Gasteiger partial charge in [-0.1, -0.05) is 12.1 Å². The summed E-state index contributed by atoms with van der Waals surface area (Å²) >= 11 is 0. The number of piperidine rings is 1. The van der Waals surface area contributed by atoms with Gasteiger partial charge in [-0.15, -0.1) is 0 Å². The normalized spacial score (nSPS) is 20.6. The molecule has 0 bridgehead atoms. The maximum absolute atomic E-state index is 12.8. The van der Waals surface area contributed by atoms with Gasteiger partial charge in [-0.2, -0.15) is 0 Å². The quantitative estimate of drug-likeness (QED) is 0.835. The van der Waals surface area contributed by atoms with Crippen molar-refractivity contribution in [1.82, 2.24) is 15.1 Å². The molecule has 7 nitrogen and oxygen atoms in total. The second kappa shape index (κ2) is 9.08. The number of benzene rings is 1. The van der Waals surface area contributed by atoms with E-state index in [4.69, 9.17) is 0 Å². The predicted octanol–water partition coefficient (Wildman–Crippen LogP) is 2.75. The molecule has 0 aromatic heterocycles. The summed E-state index contributed by atoms with van der Waals surface area (Å²) in [5.41, 5.74) is 1.64. The van der Waals surface area contributed by atoms with Gasteiger partial charge >= 0.3 is 6.03 Å². The van der Waals surface area contributed by atoms with E-state index in [0.717, 1.165) is 50.9 Å². The molecule has 1 aromatic rings. The molecule has 0 spiro atoms. The van der Waals surface area contributed by atoms with Crippen molar-refractivity contribution < 1.29 is 14.4 Å². The number of urea groups is 1. The minimum absolute atomic E-state index is 0.0173. The molecule has 1 aromatic carbocycles. The van der Waals surface area contributed by atoms with Crippen molar-refractivity contribution in [3.8, 4) is 0 Å². The largest absolute Gasteiger partial charge is 0.349 e. The Morgan fingerprint density at radius 2 is 1.79 bits per heavy atom. The molecule has 2 heterocycles. The Balaban J connectivity index is 1.57. The highest BCUT2D eigenvalue weighted by atomic mass is 16.2. The smallest absolute Gasteiger partial charge is 0.320 e. The van der Waals surface area contributed by atoms with Crippen molar-refractivity contribution in [2.75, 3.05) is 31.5 Å². The summed E-state index contributed by atoms with van der Waals surface area (Å²) in [5.74, 6) is -0.323. The van der Waals surface area contributed by atoms with Gasteiger partial charge in [-0.3, -0.25) is 9.59 Å². The Morgan fingerprint density at radius 3 is 2.50 bits per heavy atom. The molecule has 2 atom stereocenters. The SMILES string of the molecule is CC(=O)Nc1cccc([C@H](C)NC(=O)[C@@H]2CCCN(C(=O)N3CCCC3)C2)c1. The zero-order valence-electron chi connectivity index (χ0n) is 16.7. The average molecular weight is 386 g/mol. The van der Waals surface area contributed by atoms with Crippen LogP contribution < -0.4 is 10.6 Å². The first-order valence-electron chi connectivity index (χ1n) is 10.2. The molecule has 7 heteroatoms. The molecule has 2 aliphatic rings. The molecule has 28 heavy (non-hydrogen) atoms. The van der Waals surface area contributed by atoms with Crippen LogP contribution in [0, 0.1) is 5.92 Å². The van der Waals surface area contributed by atoms with Crippen LogP contribution in [0.3, 0.4) is 0 Å². The van der Waals surface area contributed by atoms with Crippen molar-refractivity contribution in [2.24, 2.45) is 5.92 Å². The molecule has 2 saturated heterocycles. The standard InChI is InChI=1S/C21H30N4O3/c1-15(17-7-5-9-19(13-17)23-16(2)26)22-20(27)18-8-6-12-25(14-18)21(28)24-10-3-4-11-24/h5,7,9,13,15,18H,3-4,6,8,10-12,14H2,1-2H3,(H,22,27)(H,23,26)/t15-,18+/m0/s1. The highest BCUT2D eigenvalue weighted by Crippen LogP contribution is 2.22. The number of hydrogen-bond donors (Lipinski definition) is 2. The van der Waals surface area contributed by atoms with E-state index in [-0.39, 0.29) is 29.8 Å². The first-order chi connectivity index (χ1) is 13.4. The van der Waals surface area contributed by atoms with E-state index in [1.165, 1.54) is 6.92 Å². The third-order valence-electron chi connectivity index (χ3n) is 5.51. The molecule has 152 valence electrons. The zero-order valence-corrected chi connectivity index (χ0v) is 16.7. The maximum Gasteiger partial charge on any atom is 0.320 e. The fraction of sp³-hybridized carbons (Fsp3) is 0.571. The number of amides is 4. The highest BCUT2D eigenvalue weighted by Gasteiger charge is 2.32. The summed E-state index contributed by atoms with van der Waals surface area (Å²) in [6.45, 7) is 6.27. The van der Waals surface area contributed by atoms with E-state index in [9.17, 15) is 14.4 Å². The number of carbonyl (C=O) groups excluding carboxylic acids is 3. The average Bonchev–Trinajstić information content (AvgIpc) is 3.22. The first-order valence-corrected chi connectivity index (χ1v) is 10.2. The summed E-state index contributed by atoms with van der Waals surface area (Å²) < 4.78 is 0. The van der Waals surface area contributed by atoms with Crippen molar-refractivity contribution in [3.05, 3.63) is 29.8 Å². The third kappa shape index (κ3) is 5.03. The second-order valence-electron chi connectivity index (χ2n) is 7.80. The van der Waals surface area contributed by atoms with Crippen LogP contribution in [-0.2, 0) is 9.59 Å². The van der Waals surface area contributed by atoms with Crippen LogP contribution in [0.2, 0.25) is 0 Å². The molecule has 0 aliphatic carbocycles. The minimum Gasteiger partial charge on any atom is -0.349 e. The summed E-state index contributed by atoms with van der Waals surface area (Å²) in [7, 11) is 0. The van der Waals surface area contributed by atoms with Crippen molar-refractivity contribution in [3.63, 3.8) is 0 Å². The van der Waals surface area contributed by atoms with Gasteiger partial charge < -0.3 is 20.4 Å². The summed E-state index contributed by atoms with van der Waals surface area (Å²) in [4.78, 5) is 40.4. The third-order valence-corrected chi connectivity index (χ3v) is 5.51.